The molecule has 1 aliphatic rings. The average molecular weight is 460 g/mol. The number of carbonyl (C=O) groups excluding carboxylic acids is 2. The number of sulfonamides is 1. The maximum Gasteiger partial charge on any atom is 0.268 e. The van der Waals surface area contributed by atoms with Crippen molar-refractivity contribution in [2.75, 3.05) is 16.2 Å². The summed E-state index contributed by atoms with van der Waals surface area (Å²) < 4.78 is 29.6. The van der Waals surface area contributed by atoms with Crippen LogP contribution in [0, 0.1) is 13.8 Å². The minimum absolute atomic E-state index is 0.103. The molecular weight excluding hydrogens is 438 g/mol. The van der Waals surface area contributed by atoms with Crippen LogP contribution in [0.2, 0.25) is 0 Å². The van der Waals surface area contributed by atoms with E-state index < -0.39 is 21.8 Å². The van der Waals surface area contributed by atoms with Crippen LogP contribution in [0.15, 0.2) is 40.6 Å². The second-order valence-electron chi connectivity index (χ2n) is 7.19. The Morgan fingerprint density at radius 1 is 1.23 bits per heavy atom. The molecule has 31 heavy (non-hydrogen) atoms. The lowest BCUT2D eigenvalue weighted by Gasteiger charge is -2.19. The summed E-state index contributed by atoms with van der Waals surface area (Å²) in [6, 6.07) is 8.94. The van der Waals surface area contributed by atoms with Gasteiger partial charge in [0.25, 0.3) is 15.9 Å². The first kappa shape index (κ1) is 21.1. The van der Waals surface area contributed by atoms with Crippen LogP contribution in [-0.4, -0.2) is 36.6 Å². The highest BCUT2D eigenvalue weighted by Crippen LogP contribution is 2.34. The molecule has 0 unspecified atom stereocenters. The Morgan fingerprint density at radius 2 is 1.97 bits per heavy atom. The maximum absolute atomic E-state index is 13.4. The van der Waals surface area contributed by atoms with Gasteiger partial charge >= 0.3 is 0 Å². The van der Waals surface area contributed by atoms with Crippen molar-refractivity contribution in [3.8, 4) is 0 Å². The molecule has 2 amide bonds. The number of hydrogen-bond acceptors (Lipinski definition) is 6. The third-order valence-electron chi connectivity index (χ3n) is 5.18. The number of nitrogens with one attached hydrogen (secondary N) is 1. The number of amides is 2. The largest absolute Gasteiger partial charge is 0.366 e. The van der Waals surface area contributed by atoms with Crippen LogP contribution in [0.3, 0.4) is 0 Å². The number of carbonyl (C=O) groups is 2. The molecule has 1 aliphatic heterocycles. The summed E-state index contributed by atoms with van der Waals surface area (Å²) in [7, 11) is -3.84. The number of nitrogens with zero attached hydrogens (tertiary/aromatic N) is 3. The van der Waals surface area contributed by atoms with E-state index in [4.69, 9.17) is 5.73 Å². The first-order chi connectivity index (χ1) is 14.7. The number of para-hydroxylation sites is 1. The topological polar surface area (TPSA) is 127 Å². The average Bonchev–Trinajstić information content (AvgIpc) is 3.40. The van der Waals surface area contributed by atoms with Gasteiger partial charge in [-0.15, -0.1) is 11.3 Å². The molecule has 1 aromatic carbocycles. The lowest BCUT2D eigenvalue weighted by Crippen LogP contribution is -2.30. The van der Waals surface area contributed by atoms with Crippen molar-refractivity contribution in [2.45, 2.75) is 31.7 Å². The zero-order valence-corrected chi connectivity index (χ0v) is 18.6. The monoisotopic (exact) mass is 459 g/mol. The lowest BCUT2D eigenvalue weighted by atomic mass is 10.2. The molecule has 0 aliphatic carbocycles. The standard InChI is InChI=1S/C20H21N5O4S2/c1-12-18(31(28,29)25-9-7-14-5-3-4-6-16(14)25)13(2)24(23-12)11-17(26)22-20-15(19(21)27)8-10-30-20/h3-6,8,10H,7,9,11H2,1-2H3,(H2,21,27)(H,22,26). The van der Waals surface area contributed by atoms with Crippen LogP contribution in [0.4, 0.5) is 10.7 Å². The second-order valence-corrected chi connectivity index (χ2v) is 9.90. The first-order valence-corrected chi connectivity index (χ1v) is 11.8. The first-order valence-electron chi connectivity index (χ1n) is 9.52. The normalized spacial score (nSPS) is 13.3. The Morgan fingerprint density at radius 3 is 2.71 bits per heavy atom. The number of thiophene rings is 1. The number of primary amides is 1. The number of anilines is 2. The van der Waals surface area contributed by atoms with Gasteiger partial charge in [-0.25, -0.2) is 8.42 Å². The summed E-state index contributed by atoms with van der Waals surface area (Å²) in [5.74, 6) is -1.08. The molecule has 0 saturated heterocycles. The van der Waals surface area contributed by atoms with Crippen molar-refractivity contribution < 1.29 is 18.0 Å². The van der Waals surface area contributed by atoms with Gasteiger partial charge in [-0.2, -0.15) is 5.10 Å². The molecule has 9 nitrogen and oxygen atoms in total. The number of rotatable bonds is 6. The number of fused-ring (bicyclic) bond motifs is 1. The number of hydrogen-bond donors (Lipinski definition) is 2. The van der Waals surface area contributed by atoms with Crippen molar-refractivity contribution >= 4 is 43.9 Å². The third-order valence-corrected chi connectivity index (χ3v) is 8.08. The van der Waals surface area contributed by atoms with E-state index >= 15 is 0 Å². The fraction of sp³-hybridized carbons (Fsp3) is 0.250. The number of benzene rings is 1. The van der Waals surface area contributed by atoms with Crippen molar-refractivity contribution in [2.24, 2.45) is 5.73 Å². The highest BCUT2D eigenvalue weighted by atomic mass is 32.2. The van der Waals surface area contributed by atoms with E-state index in [1.807, 2.05) is 18.2 Å². The van der Waals surface area contributed by atoms with E-state index in [2.05, 4.69) is 10.4 Å². The van der Waals surface area contributed by atoms with E-state index in [1.54, 1.807) is 25.3 Å². The lowest BCUT2D eigenvalue weighted by molar-refractivity contribution is -0.116. The third kappa shape index (κ3) is 3.70. The Hall–Kier alpha value is -3.18. The van der Waals surface area contributed by atoms with Crippen molar-refractivity contribution in [3.63, 3.8) is 0 Å². The van der Waals surface area contributed by atoms with E-state index in [9.17, 15) is 18.0 Å². The molecule has 3 N–H and O–H groups in total. The van der Waals surface area contributed by atoms with Gasteiger partial charge in [0.1, 0.15) is 16.4 Å². The maximum atomic E-state index is 13.4. The van der Waals surface area contributed by atoms with Crippen LogP contribution in [0.1, 0.15) is 27.3 Å². The van der Waals surface area contributed by atoms with Crippen LogP contribution < -0.4 is 15.4 Å². The van der Waals surface area contributed by atoms with Gasteiger partial charge in [-0.05, 0) is 43.3 Å². The molecule has 4 rings (SSSR count). The molecule has 162 valence electrons. The minimum Gasteiger partial charge on any atom is -0.366 e. The highest BCUT2D eigenvalue weighted by Gasteiger charge is 2.35. The molecule has 0 fully saturated rings. The molecular formula is C20H21N5O4S2. The van der Waals surface area contributed by atoms with Gasteiger partial charge in [-0.3, -0.25) is 18.6 Å². The minimum atomic E-state index is -3.84. The van der Waals surface area contributed by atoms with E-state index in [0.717, 1.165) is 5.56 Å². The van der Waals surface area contributed by atoms with Crippen LogP contribution >= 0.6 is 11.3 Å². The van der Waals surface area contributed by atoms with Gasteiger partial charge in [-0.1, -0.05) is 18.2 Å². The summed E-state index contributed by atoms with van der Waals surface area (Å²) in [5, 5.41) is 8.93. The Bertz CT molecular complexity index is 1290. The van der Waals surface area contributed by atoms with Gasteiger partial charge in [0, 0.05) is 6.54 Å². The molecule has 3 aromatic rings. The zero-order chi connectivity index (χ0) is 22.3. The van der Waals surface area contributed by atoms with Crippen molar-refractivity contribution in [1.82, 2.24) is 9.78 Å². The summed E-state index contributed by atoms with van der Waals surface area (Å²) in [6.45, 7) is 3.40. The summed E-state index contributed by atoms with van der Waals surface area (Å²) in [4.78, 5) is 24.1. The Kier molecular flexibility index (Phi) is 5.31. The molecule has 0 atom stereocenters. The molecule has 0 radical (unpaired) electrons. The number of nitrogens with two attached hydrogens (primary N) is 1. The molecule has 0 spiro atoms. The fourth-order valence-electron chi connectivity index (χ4n) is 3.78. The van der Waals surface area contributed by atoms with Gasteiger partial charge in [0.05, 0.1) is 22.6 Å². The quantitative estimate of drug-likeness (QED) is 0.583. The molecule has 11 heteroatoms. The van der Waals surface area contributed by atoms with E-state index in [1.165, 1.54) is 26.4 Å². The zero-order valence-electron chi connectivity index (χ0n) is 17.0. The Balaban J connectivity index is 1.60. The molecule has 0 bridgehead atoms. The summed E-state index contributed by atoms with van der Waals surface area (Å²) >= 11 is 1.18. The van der Waals surface area contributed by atoms with Crippen LogP contribution in [0.5, 0.6) is 0 Å². The fourth-order valence-corrected chi connectivity index (χ4v) is 6.47. The molecule has 0 saturated carbocycles. The Labute approximate surface area is 183 Å². The van der Waals surface area contributed by atoms with E-state index in [-0.39, 0.29) is 17.0 Å². The predicted molar refractivity (Wildman–Crippen MR) is 118 cm³/mol. The van der Waals surface area contributed by atoms with Crippen LogP contribution in [0.25, 0.3) is 0 Å². The molecule has 3 heterocycles. The smallest absolute Gasteiger partial charge is 0.268 e. The SMILES string of the molecule is Cc1nn(CC(=O)Nc2sccc2C(N)=O)c(C)c1S(=O)(=O)N1CCc2ccccc21. The van der Waals surface area contributed by atoms with Crippen LogP contribution in [-0.2, 0) is 27.8 Å². The van der Waals surface area contributed by atoms with Gasteiger partial charge in [0.15, 0.2) is 0 Å². The summed E-state index contributed by atoms with van der Waals surface area (Å²) in [5.41, 5.74) is 7.88. The van der Waals surface area contributed by atoms with E-state index in [0.29, 0.717) is 35.0 Å². The number of aromatic nitrogens is 2. The molecule has 2 aromatic heterocycles. The van der Waals surface area contributed by atoms with Gasteiger partial charge < -0.3 is 11.1 Å². The van der Waals surface area contributed by atoms with Crippen molar-refractivity contribution in [3.05, 3.63) is 58.2 Å². The predicted octanol–water partition coefficient (Wildman–Crippen LogP) is 2.05. The van der Waals surface area contributed by atoms with Gasteiger partial charge in [0.2, 0.25) is 5.91 Å². The second kappa shape index (κ2) is 7.82. The van der Waals surface area contributed by atoms with Crippen molar-refractivity contribution in [1.29, 1.82) is 0 Å². The highest BCUT2D eigenvalue weighted by molar-refractivity contribution is 7.93. The number of aryl methyl sites for hydroxylation is 1. The summed E-state index contributed by atoms with van der Waals surface area (Å²) in [6.07, 6.45) is 0.646.